The van der Waals surface area contributed by atoms with E-state index in [-0.39, 0.29) is 5.56 Å². The summed E-state index contributed by atoms with van der Waals surface area (Å²) in [4.78, 5) is 10.6. The molecule has 1 rings (SSSR count). The predicted molar refractivity (Wildman–Crippen MR) is 66.0 cm³/mol. The fraction of sp³-hybridized carbons (Fsp3) is 0.462. The van der Waals surface area contributed by atoms with Crippen molar-refractivity contribution in [3.8, 4) is 0 Å². The van der Waals surface area contributed by atoms with Gasteiger partial charge >= 0.3 is 5.97 Å². The quantitative estimate of drug-likeness (QED) is 0.716. The van der Waals surface area contributed by atoms with Gasteiger partial charge in [0.05, 0.1) is 11.3 Å². The Labute approximate surface area is 101 Å². The van der Waals surface area contributed by atoms with Crippen LogP contribution in [0.5, 0.6) is 0 Å². The molecule has 17 heavy (non-hydrogen) atoms. The zero-order valence-electron chi connectivity index (χ0n) is 10.0. The molecule has 0 aromatic heterocycles. The van der Waals surface area contributed by atoms with Gasteiger partial charge in [-0.15, -0.1) is 0 Å². The molecule has 4 heteroatoms. The highest BCUT2D eigenvalue weighted by atomic mass is 19.1. The van der Waals surface area contributed by atoms with Gasteiger partial charge in [0.25, 0.3) is 0 Å². The van der Waals surface area contributed by atoms with Crippen molar-refractivity contribution in [3.63, 3.8) is 0 Å². The summed E-state index contributed by atoms with van der Waals surface area (Å²) >= 11 is 0. The van der Waals surface area contributed by atoms with Crippen LogP contribution in [0.15, 0.2) is 18.2 Å². The molecule has 0 bridgehead atoms. The van der Waals surface area contributed by atoms with Crippen LogP contribution in [-0.4, -0.2) is 17.6 Å². The largest absolute Gasteiger partial charge is 0.478 e. The summed E-state index contributed by atoms with van der Waals surface area (Å²) in [5.74, 6) is -1.63. The number of carboxylic acid groups (broad SMARTS) is 1. The molecule has 1 aromatic carbocycles. The molecule has 0 amide bonds. The van der Waals surface area contributed by atoms with E-state index < -0.39 is 11.8 Å². The fourth-order valence-electron chi connectivity index (χ4n) is 1.57. The Morgan fingerprint density at radius 3 is 2.71 bits per heavy atom. The summed E-state index contributed by atoms with van der Waals surface area (Å²) in [6.07, 6.45) is 4.47. The molecule has 0 unspecified atom stereocenters. The highest BCUT2D eigenvalue weighted by molar-refractivity contribution is 5.88. The number of aromatic carboxylic acids is 1. The van der Waals surface area contributed by atoms with Crippen molar-refractivity contribution in [3.05, 3.63) is 29.6 Å². The fourth-order valence-corrected chi connectivity index (χ4v) is 1.57. The van der Waals surface area contributed by atoms with E-state index in [0.717, 1.165) is 18.9 Å². The topological polar surface area (TPSA) is 49.3 Å². The number of carbonyl (C=O) groups is 1. The van der Waals surface area contributed by atoms with Crippen LogP contribution in [0.1, 0.15) is 43.0 Å². The van der Waals surface area contributed by atoms with Gasteiger partial charge in [-0.05, 0) is 24.6 Å². The maximum absolute atomic E-state index is 13.5. The molecular formula is C13H18FNO2. The standard InChI is InChI=1S/C13H18FNO2/c1-2-3-4-5-8-15-12-7-6-10(13(16)17)9-11(12)14/h6-7,9,15H,2-5,8H2,1H3,(H,16,17). The van der Waals surface area contributed by atoms with E-state index in [1.54, 1.807) is 0 Å². The number of nitrogens with one attached hydrogen (secondary N) is 1. The Kier molecular flexibility index (Phi) is 5.46. The van der Waals surface area contributed by atoms with Gasteiger partial charge in [0, 0.05) is 6.54 Å². The van der Waals surface area contributed by atoms with E-state index in [1.807, 2.05) is 0 Å². The summed E-state index contributed by atoms with van der Waals surface area (Å²) in [5, 5.41) is 11.7. The molecule has 0 aliphatic rings. The molecule has 0 saturated heterocycles. The van der Waals surface area contributed by atoms with Crippen LogP contribution in [0.4, 0.5) is 10.1 Å². The molecule has 0 aliphatic carbocycles. The number of unbranched alkanes of at least 4 members (excludes halogenated alkanes) is 3. The summed E-state index contributed by atoms with van der Waals surface area (Å²) < 4.78 is 13.5. The van der Waals surface area contributed by atoms with Crippen molar-refractivity contribution >= 4 is 11.7 Å². The monoisotopic (exact) mass is 239 g/mol. The van der Waals surface area contributed by atoms with E-state index in [0.29, 0.717) is 12.2 Å². The van der Waals surface area contributed by atoms with Crippen LogP contribution in [0, 0.1) is 5.82 Å². The van der Waals surface area contributed by atoms with Crippen LogP contribution >= 0.6 is 0 Å². The van der Waals surface area contributed by atoms with Crippen LogP contribution < -0.4 is 5.32 Å². The first-order valence-corrected chi connectivity index (χ1v) is 5.92. The lowest BCUT2D eigenvalue weighted by Gasteiger charge is -2.07. The number of hydrogen-bond donors (Lipinski definition) is 2. The highest BCUT2D eigenvalue weighted by Crippen LogP contribution is 2.16. The van der Waals surface area contributed by atoms with Crippen molar-refractivity contribution in [1.29, 1.82) is 0 Å². The molecule has 1 aromatic rings. The SMILES string of the molecule is CCCCCCNc1ccc(C(=O)O)cc1F. The average Bonchev–Trinajstić information content (AvgIpc) is 2.30. The third kappa shape index (κ3) is 4.43. The number of carboxylic acids is 1. The van der Waals surface area contributed by atoms with Crippen LogP contribution in [0.3, 0.4) is 0 Å². The van der Waals surface area contributed by atoms with E-state index in [9.17, 15) is 9.18 Å². The van der Waals surface area contributed by atoms with Crippen LogP contribution in [-0.2, 0) is 0 Å². The number of benzene rings is 1. The number of anilines is 1. The number of hydrogen-bond acceptors (Lipinski definition) is 2. The number of rotatable bonds is 7. The lowest BCUT2D eigenvalue weighted by molar-refractivity contribution is 0.0696. The second-order valence-electron chi connectivity index (χ2n) is 3.99. The van der Waals surface area contributed by atoms with E-state index >= 15 is 0 Å². The van der Waals surface area contributed by atoms with E-state index in [1.165, 1.54) is 25.0 Å². The third-order valence-electron chi connectivity index (χ3n) is 2.56. The zero-order valence-corrected chi connectivity index (χ0v) is 10.0. The van der Waals surface area contributed by atoms with Crippen LogP contribution in [0.25, 0.3) is 0 Å². The maximum atomic E-state index is 13.5. The second-order valence-corrected chi connectivity index (χ2v) is 3.99. The zero-order chi connectivity index (χ0) is 12.7. The normalized spacial score (nSPS) is 10.2. The summed E-state index contributed by atoms with van der Waals surface area (Å²) in [7, 11) is 0. The van der Waals surface area contributed by atoms with Crippen molar-refractivity contribution in [2.75, 3.05) is 11.9 Å². The van der Waals surface area contributed by atoms with Gasteiger partial charge in [0.2, 0.25) is 0 Å². The van der Waals surface area contributed by atoms with Gasteiger partial charge in [-0.25, -0.2) is 9.18 Å². The predicted octanol–water partition coefficient (Wildman–Crippen LogP) is 3.52. The van der Waals surface area contributed by atoms with Gasteiger partial charge in [0.15, 0.2) is 0 Å². The Hall–Kier alpha value is -1.58. The first kappa shape index (κ1) is 13.5. The van der Waals surface area contributed by atoms with Crippen molar-refractivity contribution < 1.29 is 14.3 Å². The third-order valence-corrected chi connectivity index (χ3v) is 2.56. The van der Waals surface area contributed by atoms with Gasteiger partial charge in [-0.1, -0.05) is 26.2 Å². The first-order valence-electron chi connectivity index (χ1n) is 5.92. The minimum Gasteiger partial charge on any atom is -0.478 e. The summed E-state index contributed by atoms with van der Waals surface area (Å²) in [6.45, 7) is 2.85. The molecule has 2 N–H and O–H groups in total. The Morgan fingerprint density at radius 2 is 2.12 bits per heavy atom. The van der Waals surface area contributed by atoms with Gasteiger partial charge in [-0.2, -0.15) is 0 Å². The number of halogens is 1. The van der Waals surface area contributed by atoms with Crippen molar-refractivity contribution in [1.82, 2.24) is 0 Å². The van der Waals surface area contributed by atoms with E-state index in [4.69, 9.17) is 5.11 Å². The highest BCUT2D eigenvalue weighted by Gasteiger charge is 2.07. The molecule has 94 valence electrons. The Morgan fingerprint density at radius 1 is 1.35 bits per heavy atom. The van der Waals surface area contributed by atoms with E-state index in [2.05, 4.69) is 12.2 Å². The minimum absolute atomic E-state index is 0.0287. The van der Waals surface area contributed by atoms with Crippen LogP contribution in [0.2, 0.25) is 0 Å². The van der Waals surface area contributed by atoms with Gasteiger partial charge in [-0.3, -0.25) is 0 Å². The Balaban J connectivity index is 2.46. The van der Waals surface area contributed by atoms with Crippen molar-refractivity contribution in [2.45, 2.75) is 32.6 Å². The molecule has 0 aliphatic heterocycles. The smallest absolute Gasteiger partial charge is 0.335 e. The summed E-state index contributed by atoms with van der Waals surface area (Å²) in [6, 6.07) is 3.91. The molecule has 0 radical (unpaired) electrons. The second kappa shape index (κ2) is 6.89. The van der Waals surface area contributed by atoms with Crippen molar-refractivity contribution in [2.24, 2.45) is 0 Å². The lowest BCUT2D eigenvalue weighted by Crippen LogP contribution is -2.05. The first-order chi connectivity index (χ1) is 8.15. The van der Waals surface area contributed by atoms with Gasteiger partial charge in [0.1, 0.15) is 5.82 Å². The maximum Gasteiger partial charge on any atom is 0.335 e. The molecule has 0 atom stereocenters. The molecule has 3 nitrogen and oxygen atoms in total. The minimum atomic E-state index is -1.11. The average molecular weight is 239 g/mol. The Bertz CT molecular complexity index is 380. The summed E-state index contributed by atoms with van der Waals surface area (Å²) in [5.41, 5.74) is 0.338. The molecule has 0 saturated carbocycles. The molecule has 0 spiro atoms. The van der Waals surface area contributed by atoms with Gasteiger partial charge < -0.3 is 10.4 Å². The molecule has 0 fully saturated rings. The lowest BCUT2D eigenvalue weighted by atomic mass is 10.2. The molecule has 0 heterocycles. The molecular weight excluding hydrogens is 221 g/mol.